The van der Waals surface area contributed by atoms with E-state index in [9.17, 15) is 4.79 Å². The Hall–Kier alpha value is -2.11. The number of aromatic nitrogens is 4. The van der Waals surface area contributed by atoms with Crippen LogP contribution in [0.3, 0.4) is 0 Å². The van der Waals surface area contributed by atoms with Gasteiger partial charge in [0.25, 0.3) is 5.91 Å². The molecule has 18 heavy (non-hydrogen) atoms. The minimum Gasteiger partial charge on any atom is -0.350 e. The van der Waals surface area contributed by atoms with Crippen molar-refractivity contribution >= 4 is 5.91 Å². The fourth-order valence-corrected chi connectivity index (χ4v) is 2.32. The molecule has 0 fully saturated rings. The smallest absolute Gasteiger partial charge is 0.272 e. The summed E-state index contributed by atoms with van der Waals surface area (Å²) < 4.78 is 0. The molecule has 6 nitrogen and oxygen atoms in total. The number of H-pyrrole nitrogens is 2. The minimum atomic E-state index is -0.0890. The standard InChI is InChI=1S/C12H15N5O/c18-12(14-5-4-8-6-13-7-15-8)11-9-2-1-3-10(9)16-17-11/h6-7H,1-5H2,(H,13,15)(H,14,18)(H,16,17). The van der Waals surface area contributed by atoms with E-state index in [4.69, 9.17) is 0 Å². The van der Waals surface area contributed by atoms with Gasteiger partial charge >= 0.3 is 0 Å². The minimum absolute atomic E-state index is 0.0890. The monoisotopic (exact) mass is 245 g/mol. The number of imidazole rings is 1. The van der Waals surface area contributed by atoms with E-state index in [-0.39, 0.29) is 5.91 Å². The normalized spacial score (nSPS) is 13.6. The van der Waals surface area contributed by atoms with Gasteiger partial charge in [0.05, 0.1) is 6.33 Å². The number of amides is 1. The first kappa shape index (κ1) is 11.0. The maximum Gasteiger partial charge on any atom is 0.272 e. The van der Waals surface area contributed by atoms with Gasteiger partial charge in [-0.05, 0) is 19.3 Å². The average molecular weight is 245 g/mol. The van der Waals surface area contributed by atoms with Gasteiger partial charge in [0.1, 0.15) is 0 Å². The third-order valence-corrected chi connectivity index (χ3v) is 3.26. The van der Waals surface area contributed by atoms with Gasteiger partial charge in [-0.1, -0.05) is 0 Å². The first-order valence-electron chi connectivity index (χ1n) is 6.16. The van der Waals surface area contributed by atoms with Crippen molar-refractivity contribution in [2.45, 2.75) is 25.7 Å². The summed E-state index contributed by atoms with van der Waals surface area (Å²) in [6.07, 6.45) is 7.21. The van der Waals surface area contributed by atoms with Crippen LogP contribution in [0, 0.1) is 0 Å². The topological polar surface area (TPSA) is 86.5 Å². The van der Waals surface area contributed by atoms with E-state index in [1.165, 1.54) is 0 Å². The van der Waals surface area contributed by atoms with Gasteiger partial charge in [-0.2, -0.15) is 5.10 Å². The van der Waals surface area contributed by atoms with Crippen LogP contribution in [0.5, 0.6) is 0 Å². The fourth-order valence-electron chi connectivity index (χ4n) is 2.32. The molecule has 0 aliphatic heterocycles. The van der Waals surface area contributed by atoms with E-state index in [2.05, 4.69) is 25.5 Å². The van der Waals surface area contributed by atoms with Crippen molar-refractivity contribution in [3.8, 4) is 0 Å². The van der Waals surface area contributed by atoms with Crippen LogP contribution in [0.2, 0.25) is 0 Å². The Labute approximate surface area is 104 Å². The molecule has 2 aromatic rings. The molecule has 1 aliphatic rings. The van der Waals surface area contributed by atoms with Gasteiger partial charge in [0, 0.05) is 36.1 Å². The van der Waals surface area contributed by atoms with Gasteiger partial charge in [-0.25, -0.2) is 4.98 Å². The summed E-state index contributed by atoms with van der Waals surface area (Å²) >= 11 is 0. The van der Waals surface area contributed by atoms with Gasteiger partial charge in [-0.15, -0.1) is 0 Å². The van der Waals surface area contributed by atoms with Gasteiger partial charge in [0.2, 0.25) is 0 Å². The molecular formula is C12H15N5O. The molecule has 1 amide bonds. The quantitative estimate of drug-likeness (QED) is 0.737. The lowest BCUT2D eigenvalue weighted by Gasteiger charge is -2.02. The van der Waals surface area contributed by atoms with Gasteiger partial charge in [0.15, 0.2) is 5.69 Å². The summed E-state index contributed by atoms with van der Waals surface area (Å²) in [6, 6.07) is 0. The van der Waals surface area contributed by atoms with E-state index in [0.29, 0.717) is 12.2 Å². The van der Waals surface area contributed by atoms with Crippen LogP contribution in [0.15, 0.2) is 12.5 Å². The number of aryl methyl sites for hydroxylation is 1. The number of hydrogen-bond acceptors (Lipinski definition) is 3. The van der Waals surface area contributed by atoms with E-state index in [1.807, 2.05) is 0 Å². The molecule has 0 radical (unpaired) electrons. The number of hydrogen-bond donors (Lipinski definition) is 3. The lowest BCUT2D eigenvalue weighted by molar-refractivity contribution is 0.0948. The number of aromatic amines is 2. The third-order valence-electron chi connectivity index (χ3n) is 3.26. The Bertz CT molecular complexity index is 543. The van der Waals surface area contributed by atoms with Crippen LogP contribution in [-0.4, -0.2) is 32.6 Å². The van der Waals surface area contributed by atoms with Crippen LogP contribution in [0.4, 0.5) is 0 Å². The van der Waals surface area contributed by atoms with Crippen LogP contribution in [-0.2, 0) is 19.3 Å². The van der Waals surface area contributed by atoms with E-state index in [1.54, 1.807) is 12.5 Å². The number of nitrogens with zero attached hydrogens (tertiary/aromatic N) is 2. The maximum atomic E-state index is 12.0. The first-order chi connectivity index (χ1) is 8.84. The third kappa shape index (κ3) is 2.01. The highest BCUT2D eigenvalue weighted by molar-refractivity contribution is 5.94. The molecule has 6 heteroatoms. The molecule has 2 heterocycles. The summed E-state index contributed by atoms with van der Waals surface area (Å²) in [6.45, 7) is 0.586. The molecule has 0 atom stereocenters. The summed E-state index contributed by atoms with van der Waals surface area (Å²) in [5.41, 5.74) is 3.79. The molecule has 2 aromatic heterocycles. The number of fused-ring (bicyclic) bond motifs is 1. The molecule has 0 aromatic carbocycles. The van der Waals surface area contributed by atoms with E-state index < -0.39 is 0 Å². The van der Waals surface area contributed by atoms with Crippen molar-refractivity contribution in [1.29, 1.82) is 0 Å². The Balaban J connectivity index is 1.58. The van der Waals surface area contributed by atoms with Crippen LogP contribution in [0.25, 0.3) is 0 Å². The molecular weight excluding hydrogens is 230 g/mol. The zero-order chi connectivity index (χ0) is 12.4. The molecule has 3 rings (SSSR count). The highest BCUT2D eigenvalue weighted by atomic mass is 16.1. The molecule has 0 bridgehead atoms. The molecule has 0 saturated heterocycles. The lowest BCUT2D eigenvalue weighted by Crippen LogP contribution is -2.27. The van der Waals surface area contributed by atoms with Crippen LogP contribution >= 0.6 is 0 Å². The van der Waals surface area contributed by atoms with Crippen LogP contribution < -0.4 is 5.32 Å². The van der Waals surface area contributed by atoms with Crippen molar-refractivity contribution in [2.24, 2.45) is 0 Å². The predicted molar refractivity (Wildman–Crippen MR) is 65.2 cm³/mol. The predicted octanol–water partition coefficient (Wildman–Crippen LogP) is 0.594. The van der Waals surface area contributed by atoms with Crippen molar-refractivity contribution < 1.29 is 4.79 Å². The molecule has 94 valence electrons. The second-order valence-corrected chi connectivity index (χ2v) is 4.47. The SMILES string of the molecule is O=C(NCCc1cnc[nH]1)c1n[nH]c2c1CCC2. The van der Waals surface area contributed by atoms with Gasteiger partial charge in [-0.3, -0.25) is 9.89 Å². The summed E-state index contributed by atoms with van der Waals surface area (Å²) in [5, 5.41) is 9.92. The van der Waals surface area contributed by atoms with Gasteiger partial charge < -0.3 is 10.3 Å². The Morgan fingerprint density at radius 3 is 3.22 bits per heavy atom. The van der Waals surface area contributed by atoms with Crippen molar-refractivity contribution in [3.63, 3.8) is 0 Å². The largest absolute Gasteiger partial charge is 0.350 e. The second kappa shape index (κ2) is 4.64. The number of rotatable bonds is 4. The van der Waals surface area contributed by atoms with Crippen molar-refractivity contribution in [1.82, 2.24) is 25.5 Å². The zero-order valence-electron chi connectivity index (χ0n) is 9.99. The zero-order valence-corrected chi connectivity index (χ0v) is 9.99. The molecule has 0 saturated carbocycles. The Morgan fingerprint density at radius 2 is 2.39 bits per heavy atom. The second-order valence-electron chi connectivity index (χ2n) is 4.47. The number of carbonyl (C=O) groups excluding carboxylic acids is 1. The number of nitrogens with one attached hydrogen (secondary N) is 3. The van der Waals surface area contributed by atoms with E-state index in [0.717, 1.165) is 42.6 Å². The Kier molecular flexibility index (Phi) is 2.84. The molecule has 0 unspecified atom stereocenters. The molecule has 1 aliphatic carbocycles. The summed E-state index contributed by atoms with van der Waals surface area (Å²) in [4.78, 5) is 18.9. The Morgan fingerprint density at radius 1 is 1.44 bits per heavy atom. The first-order valence-corrected chi connectivity index (χ1v) is 6.16. The molecule has 3 N–H and O–H groups in total. The maximum absolute atomic E-state index is 12.0. The van der Waals surface area contributed by atoms with Crippen molar-refractivity contribution in [2.75, 3.05) is 6.54 Å². The number of carbonyl (C=O) groups is 1. The molecule has 0 spiro atoms. The fraction of sp³-hybridized carbons (Fsp3) is 0.417. The summed E-state index contributed by atoms with van der Waals surface area (Å²) in [5.74, 6) is -0.0890. The van der Waals surface area contributed by atoms with E-state index >= 15 is 0 Å². The highest BCUT2D eigenvalue weighted by Crippen LogP contribution is 2.22. The lowest BCUT2D eigenvalue weighted by atomic mass is 10.2. The van der Waals surface area contributed by atoms with Crippen molar-refractivity contribution in [3.05, 3.63) is 35.2 Å². The highest BCUT2D eigenvalue weighted by Gasteiger charge is 2.22. The summed E-state index contributed by atoms with van der Waals surface area (Å²) in [7, 11) is 0. The van der Waals surface area contributed by atoms with Crippen LogP contribution in [0.1, 0.15) is 33.9 Å². The average Bonchev–Trinajstić information content (AvgIpc) is 3.05.